The van der Waals surface area contributed by atoms with Crippen LogP contribution in [0.5, 0.6) is 40.2 Å². The Bertz CT molecular complexity index is 2170. The van der Waals surface area contributed by atoms with Crippen molar-refractivity contribution in [1.29, 1.82) is 0 Å². The topological polar surface area (TPSA) is 102 Å². The molecule has 0 fully saturated rings. The number of carbonyl (C=O) groups is 1. The molecule has 0 radical (unpaired) electrons. The summed E-state index contributed by atoms with van der Waals surface area (Å²) in [6.07, 6.45) is 23.7. The Morgan fingerprint density at radius 3 is 0.779 bits per heavy atom. The lowest BCUT2D eigenvalue weighted by molar-refractivity contribution is 0.0696. The standard InChI is InChI=1S/C59H84O9/c1-6-11-21-33-63-53-39-47-48-40-54(64-34-22-12-7-2)56(66-36-24-14-9-4)42-50(48)52-44-58(57(67-37-25-15-10-5)43-51(52)49(47)41-55(53)65-35-23-13-8-3)68-38-27-20-18-16-17-19-26-32-62-46-30-28-45(29-31-46)59(60)61/h28-31,39-44H,6-27,32-38H2,1-5H3,(H,60,61). The highest BCUT2D eigenvalue weighted by Crippen LogP contribution is 2.47. The summed E-state index contributed by atoms with van der Waals surface area (Å²) >= 11 is 0. The molecule has 0 spiro atoms. The van der Waals surface area contributed by atoms with Crippen molar-refractivity contribution in [3.05, 3.63) is 66.2 Å². The van der Waals surface area contributed by atoms with Crippen molar-refractivity contribution in [2.24, 2.45) is 0 Å². The molecule has 9 nitrogen and oxygen atoms in total. The molecule has 0 bridgehead atoms. The molecule has 0 saturated heterocycles. The summed E-state index contributed by atoms with van der Waals surface area (Å²) in [4.78, 5) is 11.1. The molecule has 0 aliphatic carbocycles. The zero-order chi connectivity index (χ0) is 48.2. The normalized spacial score (nSPS) is 11.4. The zero-order valence-electron chi connectivity index (χ0n) is 42.5. The Morgan fingerprint density at radius 1 is 0.324 bits per heavy atom. The first kappa shape index (κ1) is 53.9. The third kappa shape index (κ3) is 17.2. The smallest absolute Gasteiger partial charge is 0.335 e. The van der Waals surface area contributed by atoms with E-state index in [4.69, 9.17) is 38.3 Å². The van der Waals surface area contributed by atoms with Crippen molar-refractivity contribution in [1.82, 2.24) is 0 Å². The predicted octanol–water partition coefficient (Wildman–Crippen LogP) is 16.9. The summed E-state index contributed by atoms with van der Waals surface area (Å²) in [6, 6.07) is 19.8. The summed E-state index contributed by atoms with van der Waals surface area (Å²) in [5.74, 6) is 4.43. The van der Waals surface area contributed by atoms with E-state index in [1.165, 1.54) is 0 Å². The van der Waals surface area contributed by atoms with Gasteiger partial charge in [0.1, 0.15) is 5.75 Å². The van der Waals surface area contributed by atoms with Crippen LogP contribution in [0.25, 0.3) is 32.3 Å². The van der Waals surface area contributed by atoms with Crippen molar-refractivity contribution < 1.29 is 43.1 Å². The number of benzene rings is 5. The van der Waals surface area contributed by atoms with Crippen LogP contribution in [0.15, 0.2) is 60.7 Å². The van der Waals surface area contributed by atoms with Gasteiger partial charge in [-0.1, -0.05) is 131 Å². The minimum absolute atomic E-state index is 0.268. The average molecular weight is 937 g/mol. The lowest BCUT2D eigenvalue weighted by atomic mass is 9.93. The number of aromatic carboxylic acids is 1. The quantitative estimate of drug-likeness (QED) is 0.0306. The maximum absolute atomic E-state index is 11.1. The number of unbranched alkanes of at least 4 members (excludes halogenated alkanes) is 16. The molecule has 1 N–H and O–H groups in total. The first-order chi connectivity index (χ1) is 33.4. The van der Waals surface area contributed by atoms with Gasteiger partial charge < -0.3 is 38.3 Å². The second-order valence-electron chi connectivity index (χ2n) is 18.3. The van der Waals surface area contributed by atoms with Crippen molar-refractivity contribution in [2.75, 3.05) is 46.2 Å². The largest absolute Gasteiger partial charge is 0.494 e. The highest BCUT2D eigenvalue weighted by atomic mass is 16.5. The average Bonchev–Trinajstić information content (AvgIpc) is 3.35. The molecular formula is C59H84O9. The Hall–Kier alpha value is -5.05. The van der Waals surface area contributed by atoms with E-state index in [9.17, 15) is 4.79 Å². The molecule has 0 saturated carbocycles. The highest BCUT2D eigenvalue weighted by molar-refractivity contribution is 6.26. The Labute approximate surface area is 408 Å². The first-order valence-corrected chi connectivity index (χ1v) is 26.7. The lowest BCUT2D eigenvalue weighted by Crippen LogP contribution is -2.05. The van der Waals surface area contributed by atoms with Gasteiger partial charge in [0, 0.05) is 0 Å². The van der Waals surface area contributed by atoms with E-state index >= 15 is 0 Å². The molecule has 374 valence electrons. The van der Waals surface area contributed by atoms with Gasteiger partial charge in [0.25, 0.3) is 0 Å². The predicted molar refractivity (Wildman–Crippen MR) is 281 cm³/mol. The summed E-state index contributed by atoms with van der Waals surface area (Å²) in [7, 11) is 0. The molecule has 5 aromatic carbocycles. The van der Waals surface area contributed by atoms with Crippen LogP contribution < -0.4 is 33.2 Å². The minimum atomic E-state index is -0.928. The minimum Gasteiger partial charge on any atom is -0.494 e. The van der Waals surface area contributed by atoms with Crippen LogP contribution in [0.2, 0.25) is 0 Å². The summed E-state index contributed by atoms with van der Waals surface area (Å²) in [5, 5.41) is 15.6. The van der Waals surface area contributed by atoms with Crippen LogP contribution in [-0.4, -0.2) is 57.3 Å². The highest BCUT2D eigenvalue weighted by Gasteiger charge is 2.21. The van der Waals surface area contributed by atoms with E-state index in [1.54, 1.807) is 24.3 Å². The Kier molecular flexibility index (Phi) is 24.7. The number of carboxylic acid groups (broad SMARTS) is 1. The van der Waals surface area contributed by atoms with E-state index in [1.807, 2.05) is 0 Å². The third-order valence-electron chi connectivity index (χ3n) is 12.6. The molecule has 0 aliphatic heterocycles. The van der Waals surface area contributed by atoms with E-state index < -0.39 is 5.97 Å². The summed E-state index contributed by atoms with van der Waals surface area (Å²) in [5.41, 5.74) is 0.268. The Balaban J connectivity index is 1.45. The third-order valence-corrected chi connectivity index (χ3v) is 12.6. The molecule has 0 unspecified atom stereocenters. The van der Waals surface area contributed by atoms with Gasteiger partial charge in [-0.3, -0.25) is 0 Å². The molecule has 9 heteroatoms. The lowest BCUT2D eigenvalue weighted by Gasteiger charge is -2.21. The van der Waals surface area contributed by atoms with Crippen LogP contribution in [0, 0.1) is 0 Å². The molecule has 5 aromatic rings. The second kappa shape index (κ2) is 31.2. The molecular weight excluding hydrogens is 853 g/mol. The molecule has 0 aromatic heterocycles. The molecule has 0 aliphatic rings. The van der Waals surface area contributed by atoms with Gasteiger partial charge in [-0.15, -0.1) is 0 Å². The SMILES string of the molecule is CCCCCOc1cc2c3cc(OCCCCC)c(OCCCCC)cc3c3cc(OCCCCCCCCCOc4ccc(C(=O)O)cc4)c(OCCCCC)cc3c2cc1OCCCCC. The number of hydrogen-bond donors (Lipinski definition) is 1. The number of fused-ring (bicyclic) bond motifs is 6. The van der Waals surface area contributed by atoms with Gasteiger partial charge in [-0.25, -0.2) is 4.79 Å². The molecule has 0 amide bonds. The van der Waals surface area contributed by atoms with Crippen molar-refractivity contribution in [3.8, 4) is 40.2 Å². The van der Waals surface area contributed by atoms with Gasteiger partial charge in [-0.2, -0.15) is 0 Å². The van der Waals surface area contributed by atoms with Crippen molar-refractivity contribution in [2.45, 2.75) is 176 Å². The maximum atomic E-state index is 11.1. The summed E-state index contributed by atoms with van der Waals surface area (Å²) < 4.78 is 45.5. The van der Waals surface area contributed by atoms with Gasteiger partial charge in [-0.05, 0) is 138 Å². The van der Waals surface area contributed by atoms with Crippen LogP contribution in [0.4, 0.5) is 0 Å². The van der Waals surface area contributed by atoms with Crippen LogP contribution in [0.3, 0.4) is 0 Å². The van der Waals surface area contributed by atoms with Gasteiger partial charge in [0.15, 0.2) is 34.5 Å². The molecule has 0 heterocycles. The number of rotatable bonds is 38. The van der Waals surface area contributed by atoms with E-state index in [0.29, 0.717) is 52.0 Å². The fourth-order valence-electron chi connectivity index (χ4n) is 8.52. The van der Waals surface area contributed by atoms with Gasteiger partial charge in [0.2, 0.25) is 0 Å². The van der Waals surface area contributed by atoms with E-state index in [0.717, 1.165) is 208 Å². The van der Waals surface area contributed by atoms with Crippen molar-refractivity contribution in [3.63, 3.8) is 0 Å². The zero-order valence-corrected chi connectivity index (χ0v) is 42.5. The monoisotopic (exact) mass is 937 g/mol. The second-order valence-corrected chi connectivity index (χ2v) is 18.3. The van der Waals surface area contributed by atoms with Gasteiger partial charge >= 0.3 is 5.97 Å². The number of ether oxygens (including phenoxy) is 7. The fraction of sp³-hybridized carbons (Fsp3) is 0.576. The molecule has 68 heavy (non-hydrogen) atoms. The summed E-state index contributed by atoms with van der Waals surface area (Å²) in [6.45, 7) is 15.5. The van der Waals surface area contributed by atoms with E-state index in [2.05, 4.69) is 71.0 Å². The Morgan fingerprint density at radius 2 is 0.544 bits per heavy atom. The maximum Gasteiger partial charge on any atom is 0.335 e. The molecule has 0 atom stereocenters. The van der Waals surface area contributed by atoms with Gasteiger partial charge in [0.05, 0.1) is 51.8 Å². The van der Waals surface area contributed by atoms with Crippen LogP contribution >= 0.6 is 0 Å². The fourth-order valence-corrected chi connectivity index (χ4v) is 8.52. The number of carboxylic acids is 1. The van der Waals surface area contributed by atoms with E-state index in [-0.39, 0.29) is 5.56 Å². The van der Waals surface area contributed by atoms with Crippen LogP contribution in [0.1, 0.15) is 186 Å². The van der Waals surface area contributed by atoms with Crippen molar-refractivity contribution >= 4 is 38.3 Å². The first-order valence-electron chi connectivity index (χ1n) is 26.7. The molecule has 5 rings (SSSR count). The van der Waals surface area contributed by atoms with Crippen LogP contribution in [-0.2, 0) is 0 Å². The number of hydrogen-bond acceptors (Lipinski definition) is 8.